The van der Waals surface area contributed by atoms with Crippen molar-refractivity contribution >= 4 is 11.3 Å². The number of nitrogens with zero attached hydrogens (tertiary/aromatic N) is 2. The predicted molar refractivity (Wildman–Crippen MR) is 117 cm³/mol. The number of hydrogen-bond acceptors (Lipinski definition) is 2. The number of rotatable bonds is 2. The summed E-state index contributed by atoms with van der Waals surface area (Å²) in [6, 6.07) is 11.3. The molecule has 2 nitrogen and oxygen atoms in total. The molecule has 2 aromatic rings. The highest BCUT2D eigenvalue weighted by Gasteiger charge is 2.33. The fraction of sp³-hybridized carbons (Fsp3) is 0.346. The summed E-state index contributed by atoms with van der Waals surface area (Å²) in [6.07, 6.45) is 14.7. The van der Waals surface area contributed by atoms with Crippen LogP contribution in [0.25, 0.3) is 11.3 Å². The Morgan fingerprint density at radius 1 is 1.11 bits per heavy atom. The third-order valence-electron chi connectivity index (χ3n) is 6.53. The zero-order chi connectivity index (χ0) is 19.1. The van der Waals surface area contributed by atoms with E-state index in [0.29, 0.717) is 5.92 Å². The zero-order valence-electron chi connectivity index (χ0n) is 16.9. The van der Waals surface area contributed by atoms with Gasteiger partial charge in [-0.3, -0.25) is 4.98 Å². The van der Waals surface area contributed by atoms with Gasteiger partial charge in [0.1, 0.15) is 0 Å². The summed E-state index contributed by atoms with van der Waals surface area (Å²) in [5, 5.41) is 0. The van der Waals surface area contributed by atoms with Gasteiger partial charge in [-0.15, -0.1) is 0 Å². The van der Waals surface area contributed by atoms with E-state index in [1.165, 1.54) is 45.6 Å². The fourth-order valence-electron chi connectivity index (χ4n) is 5.19. The second-order valence-corrected chi connectivity index (χ2v) is 8.38. The fourth-order valence-corrected chi connectivity index (χ4v) is 5.19. The molecule has 5 rings (SSSR count). The molecule has 0 fully saturated rings. The quantitative estimate of drug-likeness (QED) is 0.656. The van der Waals surface area contributed by atoms with Gasteiger partial charge in [-0.1, -0.05) is 48.1 Å². The van der Waals surface area contributed by atoms with Crippen LogP contribution in [0.15, 0.2) is 60.3 Å². The van der Waals surface area contributed by atoms with Gasteiger partial charge >= 0.3 is 0 Å². The first-order valence-electron chi connectivity index (χ1n) is 10.6. The molecule has 0 saturated carbocycles. The molecule has 0 N–H and O–H groups in total. The lowest BCUT2D eigenvalue weighted by Crippen LogP contribution is -2.31. The average molecular weight is 369 g/mol. The summed E-state index contributed by atoms with van der Waals surface area (Å²) in [4.78, 5) is 7.35. The molecule has 1 unspecified atom stereocenters. The standard InChI is InChI=1S/C26H28N2/c1-18-7-6-10-20(17-18)22-14-16-28(2)26-24(22)12-11-23-21(13-15-27-25(23)26)19-8-4-3-5-9-19/h4,6-10,13,15,17,22H,3,5,11-12,14,16H2,1-2H3. The van der Waals surface area contributed by atoms with E-state index >= 15 is 0 Å². The van der Waals surface area contributed by atoms with Crippen LogP contribution >= 0.6 is 0 Å². The summed E-state index contributed by atoms with van der Waals surface area (Å²) in [5.74, 6) is 0.526. The summed E-state index contributed by atoms with van der Waals surface area (Å²) in [7, 11) is 2.24. The van der Waals surface area contributed by atoms with E-state index in [-0.39, 0.29) is 0 Å². The molecule has 2 aliphatic carbocycles. The van der Waals surface area contributed by atoms with Crippen LogP contribution < -0.4 is 0 Å². The molecule has 0 spiro atoms. The topological polar surface area (TPSA) is 16.1 Å². The highest BCUT2D eigenvalue weighted by molar-refractivity contribution is 5.81. The Kier molecular flexibility index (Phi) is 4.43. The van der Waals surface area contributed by atoms with Crippen molar-refractivity contribution in [1.29, 1.82) is 0 Å². The maximum Gasteiger partial charge on any atom is 0.0900 e. The van der Waals surface area contributed by atoms with Crippen molar-refractivity contribution in [3.63, 3.8) is 0 Å². The van der Waals surface area contributed by atoms with Gasteiger partial charge in [-0.05, 0) is 72.9 Å². The molecular formula is C26H28N2. The monoisotopic (exact) mass is 368 g/mol. The molecule has 1 atom stereocenters. The van der Waals surface area contributed by atoms with E-state index in [1.54, 1.807) is 5.57 Å². The van der Waals surface area contributed by atoms with E-state index in [9.17, 15) is 0 Å². The minimum atomic E-state index is 0.526. The lowest BCUT2D eigenvalue weighted by Gasteiger charge is -2.39. The first-order chi connectivity index (χ1) is 13.7. The Labute approximate surface area is 168 Å². The highest BCUT2D eigenvalue weighted by atomic mass is 15.1. The predicted octanol–water partition coefficient (Wildman–Crippen LogP) is 5.90. The molecule has 142 valence electrons. The first kappa shape index (κ1) is 17.5. The number of benzene rings is 1. The van der Waals surface area contributed by atoms with Gasteiger partial charge < -0.3 is 4.90 Å². The lowest BCUT2D eigenvalue weighted by atomic mass is 9.76. The van der Waals surface area contributed by atoms with Gasteiger partial charge in [0.2, 0.25) is 0 Å². The van der Waals surface area contributed by atoms with Gasteiger partial charge in [0.05, 0.1) is 11.4 Å². The van der Waals surface area contributed by atoms with Gasteiger partial charge in [-0.25, -0.2) is 0 Å². The van der Waals surface area contributed by atoms with E-state index in [1.807, 2.05) is 6.20 Å². The van der Waals surface area contributed by atoms with Crippen LogP contribution in [-0.4, -0.2) is 23.5 Å². The Morgan fingerprint density at radius 3 is 2.86 bits per heavy atom. The summed E-state index contributed by atoms with van der Waals surface area (Å²) < 4.78 is 0. The van der Waals surface area contributed by atoms with Crippen molar-refractivity contribution < 1.29 is 0 Å². The van der Waals surface area contributed by atoms with Crippen LogP contribution in [0.4, 0.5) is 0 Å². The molecule has 28 heavy (non-hydrogen) atoms. The van der Waals surface area contributed by atoms with Crippen LogP contribution in [-0.2, 0) is 6.42 Å². The van der Waals surface area contributed by atoms with Crippen molar-refractivity contribution in [2.75, 3.05) is 13.6 Å². The van der Waals surface area contributed by atoms with E-state index < -0.39 is 0 Å². The minimum absolute atomic E-state index is 0.526. The van der Waals surface area contributed by atoms with Crippen molar-refractivity contribution in [3.05, 3.63) is 88.3 Å². The van der Waals surface area contributed by atoms with Crippen LogP contribution in [0.3, 0.4) is 0 Å². The molecule has 0 amide bonds. The number of aryl methyl sites for hydroxylation is 1. The van der Waals surface area contributed by atoms with Gasteiger partial charge in [0, 0.05) is 25.7 Å². The second kappa shape index (κ2) is 7.09. The maximum absolute atomic E-state index is 4.90. The molecule has 1 aromatic heterocycles. The molecule has 2 heterocycles. The van der Waals surface area contributed by atoms with Crippen LogP contribution in [0.2, 0.25) is 0 Å². The molecule has 0 radical (unpaired) electrons. The van der Waals surface area contributed by atoms with Crippen LogP contribution in [0.5, 0.6) is 0 Å². The van der Waals surface area contributed by atoms with Crippen LogP contribution in [0, 0.1) is 6.92 Å². The Bertz CT molecular complexity index is 1010. The number of fused-ring (bicyclic) bond motifs is 2. The SMILES string of the molecule is Cc1cccc(C2CCN(C)C3=C2CCc2c(C4=CCCC=C4)ccnc23)c1. The third kappa shape index (κ3) is 2.92. The molecule has 0 bridgehead atoms. The molecule has 3 aliphatic rings. The molecule has 2 heteroatoms. The van der Waals surface area contributed by atoms with Crippen LogP contribution in [0.1, 0.15) is 59.5 Å². The number of aromatic nitrogens is 1. The lowest BCUT2D eigenvalue weighted by molar-refractivity contribution is 0.408. The molecule has 1 aromatic carbocycles. The average Bonchev–Trinajstić information content (AvgIpc) is 2.74. The molecule has 0 saturated heterocycles. The molecule has 1 aliphatic heterocycles. The van der Waals surface area contributed by atoms with Crippen molar-refractivity contribution in [2.45, 2.75) is 44.9 Å². The number of hydrogen-bond donors (Lipinski definition) is 0. The maximum atomic E-state index is 4.90. The third-order valence-corrected chi connectivity index (χ3v) is 6.53. The normalized spacial score (nSPS) is 21.3. The molecular weight excluding hydrogens is 340 g/mol. The Hall–Kier alpha value is -2.61. The van der Waals surface area contributed by atoms with Crippen molar-refractivity contribution in [3.8, 4) is 0 Å². The smallest absolute Gasteiger partial charge is 0.0900 e. The Balaban J connectivity index is 1.63. The summed E-state index contributed by atoms with van der Waals surface area (Å²) in [6.45, 7) is 3.29. The number of allylic oxidation sites excluding steroid dienone is 5. The van der Waals surface area contributed by atoms with Gasteiger partial charge in [-0.2, -0.15) is 0 Å². The van der Waals surface area contributed by atoms with E-state index in [2.05, 4.69) is 67.4 Å². The largest absolute Gasteiger partial charge is 0.373 e. The van der Waals surface area contributed by atoms with E-state index in [4.69, 9.17) is 4.98 Å². The highest BCUT2D eigenvalue weighted by Crippen LogP contribution is 2.45. The summed E-state index contributed by atoms with van der Waals surface area (Å²) >= 11 is 0. The Morgan fingerprint density at radius 2 is 2.04 bits per heavy atom. The zero-order valence-corrected chi connectivity index (χ0v) is 16.9. The minimum Gasteiger partial charge on any atom is -0.373 e. The number of pyridine rings is 1. The van der Waals surface area contributed by atoms with Gasteiger partial charge in [0.15, 0.2) is 0 Å². The second-order valence-electron chi connectivity index (χ2n) is 8.38. The van der Waals surface area contributed by atoms with Crippen molar-refractivity contribution in [1.82, 2.24) is 9.88 Å². The van der Waals surface area contributed by atoms with Gasteiger partial charge in [0.25, 0.3) is 0 Å². The van der Waals surface area contributed by atoms with Crippen molar-refractivity contribution in [2.24, 2.45) is 0 Å². The van der Waals surface area contributed by atoms with E-state index in [0.717, 1.165) is 32.2 Å². The summed E-state index contributed by atoms with van der Waals surface area (Å²) in [5.41, 5.74) is 11.2. The first-order valence-corrected chi connectivity index (χ1v) is 10.6.